The van der Waals surface area contributed by atoms with Crippen LogP contribution in [0.15, 0.2) is 40.9 Å². The summed E-state index contributed by atoms with van der Waals surface area (Å²) in [6.07, 6.45) is 1.78. The third-order valence-electron chi connectivity index (χ3n) is 2.80. The Balaban J connectivity index is 2.04. The number of nitrogens with zero attached hydrogens (tertiary/aromatic N) is 2. The highest BCUT2D eigenvalue weighted by Crippen LogP contribution is 2.29. The van der Waals surface area contributed by atoms with E-state index in [-0.39, 0.29) is 6.04 Å². The molecule has 0 radical (unpaired) electrons. The number of benzene rings is 1. The summed E-state index contributed by atoms with van der Waals surface area (Å²) in [5.41, 5.74) is 0.910. The van der Waals surface area contributed by atoms with Gasteiger partial charge in [-0.1, -0.05) is 29.6 Å². The molecule has 1 atom stereocenters. The van der Waals surface area contributed by atoms with E-state index >= 15 is 0 Å². The van der Waals surface area contributed by atoms with Gasteiger partial charge in [-0.2, -0.15) is 0 Å². The van der Waals surface area contributed by atoms with E-state index in [0.29, 0.717) is 0 Å². The minimum atomic E-state index is 0.0300. The molecule has 2 aromatic heterocycles. The van der Waals surface area contributed by atoms with Gasteiger partial charge in [0, 0.05) is 5.39 Å². The summed E-state index contributed by atoms with van der Waals surface area (Å²) < 4.78 is 9.81. The Labute approximate surface area is 109 Å². The fourth-order valence-corrected chi connectivity index (χ4v) is 2.58. The lowest BCUT2D eigenvalue weighted by Crippen LogP contribution is -2.20. The topological polar surface area (TPSA) is 51.0 Å². The van der Waals surface area contributed by atoms with Gasteiger partial charge < -0.3 is 9.73 Å². The molecule has 0 spiro atoms. The van der Waals surface area contributed by atoms with Gasteiger partial charge in [-0.25, -0.2) is 0 Å². The number of aromatic nitrogens is 2. The molecule has 0 aliphatic carbocycles. The summed E-state index contributed by atoms with van der Waals surface area (Å²) in [6.45, 7) is 2.93. The van der Waals surface area contributed by atoms with Crippen LogP contribution in [0.3, 0.4) is 0 Å². The summed E-state index contributed by atoms with van der Waals surface area (Å²) in [4.78, 5) is 1.07. The van der Waals surface area contributed by atoms with Crippen molar-refractivity contribution in [2.75, 3.05) is 6.54 Å². The Hall–Kier alpha value is -1.72. The van der Waals surface area contributed by atoms with Crippen LogP contribution in [0, 0.1) is 0 Å². The van der Waals surface area contributed by atoms with Crippen molar-refractivity contribution in [3.8, 4) is 0 Å². The van der Waals surface area contributed by atoms with Crippen LogP contribution in [0.1, 0.15) is 23.6 Å². The standard InChI is InChI=1S/C13H13N3OS/c1-2-14-13(12-8-15-16-18-12)11-7-9-5-3-4-6-10(9)17-11/h3-8,13-14H,2H2,1H3. The average molecular weight is 259 g/mol. The second-order valence-corrected chi connectivity index (χ2v) is 4.81. The van der Waals surface area contributed by atoms with E-state index < -0.39 is 0 Å². The smallest absolute Gasteiger partial charge is 0.134 e. The highest BCUT2D eigenvalue weighted by atomic mass is 32.1. The van der Waals surface area contributed by atoms with Gasteiger partial charge >= 0.3 is 0 Å². The van der Waals surface area contributed by atoms with E-state index in [1.54, 1.807) is 6.20 Å². The maximum Gasteiger partial charge on any atom is 0.134 e. The van der Waals surface area contributed by atoms with Gasteiger partial charge in [-0.05, 0) is 30.2 Å². The molecule has 1 aromatic carbocycles. The van der Waals surface area contributed by atoms with Crippen molar-refractivity contribution in [3.05, 3.63) is 47.2 Å². The molecule has 0 fully saturated rings. The van der Waals surface area contributed by atoms with Crippen LogP contribution in [0.2, 0.25) is 0 Å². The van der Waals surface area contributed by atoms with E-state index in [9.17, 15) is 0 Å². The predicted octanol–water partition coefficient (Wildman–Crippen LogP) is 2.98. The quantitative estimate of drug-likeness (QED) is 0.782. The Morgan fingerprint density at radius 2 is 2.28 bits per heavy atom. The Bertz CT molecular complexity index is 600. The van der Waals surface area contributed by atoms with E-state index in [2.05, 4.69) is 34.0 Å². The van der Waals surface area contributed by atoms with Gasteiger partial charge in [0.25, 0.3) is 0 Å². The fourth-order valence-electron chi connectivity index (χ4n) is 1.99. The molecular formula is C13H13N3OS. The molecule has 0 amide bonds. The number of hydrogen-bond acceptors (Lipinski definition) is 5. The minimum Gasteiger partial charge on any atom is -0.459 e. The predicted molar refractivity (Wildman–Crippen MR) is 71.6 cm³/mol. The normalized spacial score (nSPS) is 12.9. The van der Waals surface area contributed by atoms with Crippen LogP contribution in [-0.2, 0) is 0 Å². The van der Waals surface area contributed by atoms with Gasteiger partial charge in [-0.15, -0.1) is 5.10 Å². The van der Waals surface area contributed by atoms with Gasteiger partial charge in [0.1, 0.15) is 17.4 Å². The van der Waals surface area contributed by atoms with Crippen molar-refractivity contribution < 1.29 is 4.42 Å². The van der Waals surface area contributed by atoms with Crippen molar-refractivity contribution in [3.63, 3.8) is 0 Å². The molecule has 0 saturated carbocycles. The molecule has 3 aromatic rings. The maximum absolute atomic E-state index is 5.90. The van der Waals surface area contributed by atoms with Crippen molar-refractivity contribution >= 4 is 22.5 Å². The minimum absolute atomic E-state index is 0.0300. The first kappa shape index (κ1) is 11.4. The molecule has 0 saturated heterocycles. The van der Waals surface area contributed by atoms with Crippen molar-refractivity contribution in [2.24, 2.45) is 0 Å². The van der Waals surface area contributed by atoms with Gasteiger partial charge in [-0.3, -0.25) is 0 Å². The molecule has 5 heteroatoms. The lowest BCUT2D eigenvalue weighted by molar-refractivity contribution is 0.480. The monoisotopic (exact) mass is 259 g/mol. The average Bonchev–Trinajstić information content (AvgIpc) is 3.04. The van der Waals surface area contributed by atoms with Crippen molar-refractivity contribution in [1.82, 2.24) is 14.9 Å². The maximum atomic E-state index is 5.90. The zero-order chi connectivity index (χ0) is 12.4. The van der Waals surface area contributed by atoms with Crippen LogP contribution in [-0.4, -0.2) is 16.1 Å². The molecule has 1 unspecified atom stereocenters. The molecule has 0 aliphatic heterocycles. The fraction of sp³-hybridized carbons (Fsp3) is 0.231. The molecule has 18 heavy (non-hydrogen) atoms. The van der Waals surface area contributed by atoms with Crippen LogP contribution in [0.5, 0.6) is 0 Å². The third kappa shape index (κ3) is 2.02. The van der Waals surface area contributed by atoms with Crippen molar-refractivity contribution in [1.29, 1.82) is 0 Å². The zero-order valence-corrected chi connectivity index (χ0v) is 10.8. The van der Waals surface area contributed by atoms with E-state index in [1.165, 1.54) is 11.5 Å². The van der Waals surface area contributed by atoms with Gasteiger partial charge in [0.05, 0.1) is 11.1 Å². The molecule has 3 rings (SSSR count). The molecule has 1 N–H and O–H groups in total. The molecule has 4 nitrogen and oxygen atoms in total. The molecule has 92 valence electrons. The summed E-state index contributed by atoms with van der Waals surface area (Å²) >= 11 is 1.39. The Morgan fingerprint density at radius 1 is 1.39 bits per heavy atom. The number of fused-ring (bicyclic) bond motifs is 1. The Morgan fingerprint density at radius 3 is 3.00 bits per heavy atom. The van der Waals surface area contributed by atoms with E-state index in [1.807, 2.05) is 18.2 Å². The Kier molecular flexibility index (Phi) is 3.08. The molecule has 2 heterocycles. The highest BCUT2D eigenvalue weighted by molar-refractivity contribution is 7.05. The van der Waals surface area contributed by atoms with Crippen LogP contribution in [0.25, 0.3) is 11.0 Å². The molecule has 0 bridgehead atoms. The van der Waals surface area contributed by atoms with E-state index in [0.717, 1.165) is 28.2 Å². The first-order chi connectivity index (χ1) is 8.88. The summed E-state index contributed by atoms with van der Waals surface area (Å²) in [6, 6.07) is 10.1. The van der Waals surface area contributed by atoms with Crippen LogP contribution in [0.4, 0.5) is 0 Å². The number of nitrogens with one attached hydrogen (secondary N) is 1. The summed E-state index contributed by atoms with van der Waals surface area (Å²) in [5.74, 6) is 0.907. The SMILES string of the molecule is CCNC(c1cc2ccccc2o1)c1cnns1. The van der Waals surface area contributed by atoms with Crippen LogP contribution < -0.4 is 5.32 Å². The number of furan rings is 1. The number of para-hydroxylation sites is 1. The van der Waals surface area contributed by atoms with Crippen molar-refractivity contribution in [2.45, 2.75) is 13.0 Å². The second kappa shape index (κ2) is 4.88. The van der Waals surface area contributed by atoms with E-state index in [4.69, 9.17) is 4.42 Å². The second-order valence-electron chi connectivity index (χ2n) is 4.00. The first-order valence-corrected chi connectivity index (χ1v) is 6.65. The highest BCUT2D eigenvalue weighted by Gasteiger charge is 2.19. The lowest BCUT2D eigenvalue weighted by atomic mass is 10.2. The summed E-state index contributed by atoms with van der Waals surface area (Å²) in [5, 5.41) is 8.41. The molecular weight excluding hydrogens is 246 g/mol. The zero-order valence-electron chi connectivity index (χ0n) is 9.96. The van der Waals surface area contributed by atoms with Gasteiger partial charge in [0.2, 0.25) is 0 Å². The van der Waals surface area contributed by atoms with Crippen LogP contribution >= 0.6 is 11.5 Å². The third-order valence-corrected chi connectivity index (χ3v) is 3.53. The molecule has 0 aliphatic rings. The largest absolute Gasteiger partial charge is 0.459 e. The number of hydrogen-bond donors (Lipinski definition) is 1. The lowest BCUT2D eigenvalue weighted by Gasteiger charge is -2.11. The number of rotatable bonds is 4. The van der Waals surface area contributed by atoms with Gasteiger partial charge in [0.15, 0.2) is 0 Å². The first-order valence-electron chi connectivity index (χ1n) is 5.87. The summed E-state index contributed by atoms with van der Waals surface area (Å²) in [7, 11) is 0.